The van der Waals surface area contributed by atoms with Crippen molar-refractivity contribution in [2.75, 3.05) is 0 Å². The molecule has 0 aromatic heterocycles. The van der Waals surface area contributed by atoms with Crippen molar-refractivity contribution in [3.8, 4) is 0 Å². The fraction of sp³-hybridized carbons (Fsp3) is 0. The molecule has 1 N–H and O–H groups in total. The maximum absolute atomic E-state index is 8.36. The highest BCUT2D eigenvalue weighted by Crippen LogP contribution is 1.17. The first-order valence-electron chi connectivity index (χ1n) is 1.05. The van der Waals surface area contributed by atoms with Gasteiger partial charge in [-0.1, -0.05) is 5.02 Å². The molecule has 0 aromatic rings. The van der Waals surface area contributed by atoms with E-state index in [1.54, 1.807) is 0 Å². The predicted octanol–water partition coefficient (Wildman–Crippen LogP) is 0.472. The summed E-state index contributed by atoms with van der Waals surface area (Å²) in [5.74, 6) is 0. The molecule has 0 heterocycles. The zero-order valence-electron chi connectivity index (χ0n) is 3.05. The van der Waals surface area contributed by atoms with Crippen LogP contribution in [0.15, 0.2) is 6.58 Å². The van der Waals surface area contributed by atoms with Gasteiger partial charge in [0, 0.05) is 0 Å². The average molecular weight is 104 g/mol. The fourth-order valence-electron chi connectivity index (χ4n) is 0. The maximum Gasteiger partial charge on any atom is 0.290 e. The Labute approximate surface area is 41.1 Å². The molecule has 0 saturated carbocycles. The molecule has 2 nitrogen and oxygen atoms in total. The smallest absolute Gasteiger partial charge is 0.290 e. The van der Waals surface area contributed by atoms with E-state index in [1.165, 1.54) is 0 Å². The Morgan fingerprint density at radius 1 is 2.00 bits per heavy atom. The van der Waals surface area contributed by atoms with Gasteiger partial charge in [-0.25, -0.2) is 0 Å². The second-order valence-electron chi connectivity index (χ2n) is 0.250. The van der Waals surface area contributed by atoms with Crippen LogP contribution in [0.5, 0.6) is 0 Å². The standard InChI is InChI=1S/C2H2S.CH2O2/c1-2-3;2-1-3/h1H2;1H,(H,2,3). The Hall–Kier alpha value is -0.660. The number of carbonyl (C=O) groups is 1. The summed E-state index contributed by atoms with van der Waals surface area (Å²) >= 11 is 4.03. The molecule has 6 heavy (non-hydrogen) atoms. The third-order valence-corrected chi connectivity index (χ3v) is 0. The van der Waals surface area contributed by atoms with E-state index in [9.17, 15) is 0 Å². The van der Waals surface area contributed by atoms with Crippen molar-refractivity contribution in [1.82, 2.24) is 0 Å². The first-order chi connectivity index (χ1) is 2.83. The lowest BCUT2D eigenvalue weighted by Crippen LogP contribution is -1.49. The molecule has 0 amide bonds. The normalized spacial score (nSPS) is 3.33. The summed E-state index contributed by atoms with van der Waals surface area (Å²) in [5.41, 5.74) is 0. The third-order valence-electron chi connectivity index (χ3n) is 0. The van der Waals surface area contributed by atoms with Crippen LogP contribution in [0.25, 0.3) is 0 Å². The van der Waals surface area contributed by atoms with Crippen LogP contribution < -0.4 is 0 Å². The van der Waals surface area contributed by atoms with E-state index in [0.717, 1.165) is 0 Å². The summed E-state index contributed by atoms with van der Waals surface area (Å²) in [6, 6.07) is 0. The van der Waals surface area contributed by atoms with E-state index >= 15 is 0 Å². The summed E-state index contributed by atoms with van der Waals surface area (Å²) in [6.07, 6.45) is 0. The van der Waals surface area contributed by atoms with Crippen LogP contribution in [0.3, 0.4) is 0 Å². The van der Waals surface area contributed by atoms with E-state index in [4.69, 9.17) is 9.90 Å². The molecule has 0 aliphatic heterocycles. The van der Waals surface area contributed by atoms with Crippen molar-refractivity contribution in [3.05, 3.63) is 6.58 Å². The van der Waals surface area contributed by atoms with E-state index in [0.29, 0.717) is 0 Å². The summed E-state index contributed by atoms with van der Waals surface area (Å²) < 4.78 is 0. The van der Waals surface area contributed by atoms with E-state index < -0.39 is 0 Å². The Bertz CT molecular complexity index is 53.8. The minimum Gasteiger partial charge on any atom is -0.483 e. The number of rotatable bonds is 0. The highest BCUT2D eigenvalue weighted by molar-refractivity contribution is 7.78. The highest BCUT2D eigenvalue weighted by atomic mass is 32.1. The number of carboxylic acid groups (broad SMARTS) is 1. The van der Waals surface area contributed by atoms with Gasteiger partial charge in [-0.15, -0.1) is 0 Å². The van der Waals surface area contributed by atoms with Crippen molar-refractivity contribution in [3.63, 3.8) is 0 Å². The molecule has 0 radical (unpaired) electrons. The molecule has 0 bridgehead atoms. The largest absolute Gasteiger partial charge is 0.483 e. The quantitative estimate of drug-likeness (QED) is 0.358. The Morgan fingerprint density at radius 3 is 2.00 bits per heavy atom. The van der Waals surface area contributed by atoms with Gasteiger partial charge in [0.05, 0.1) is 0 Å². The van der Waals surface area contributed by atoms with Crippen LogP contribution in [0.2, 0.25) is 0 Å². The van der Waals surface area contributed by atoms with Crippen LogP contribution in [-0.4, -0.2) is 16.6 Å². The lowest BCUT2D eigenvalue weighted by atomic mass is 11.3. The first kappa shape index (κ1) is 9.02. The molecule has 3 heteroatoms. The SMILES string of the molecule is C=C=S.O=CO. The van der Waals surface area contributed by atoms with Crippen molar-refractivity contribution < 1.29 is 9.90 Å². The van der Waals surface area contributed by atoms with Gasteiger partial charge in [-0.05, 0) is 18.8 Å². The van der Waals surface area contributed by atoms with Crippen LogP contribution in [0.4, 0.5) is 0 Å². The average Bonchev–Trinajstić information content (AvgIpc) is 1.39. The molecule has 0 aromatic carbocycles. The van der Waals surface area contributed by atoms with Gasteiger partial charge in [0.2, 0.25) is 0 Å². The van der Waals surface area contributed by atoms with Gasteiger partial charge in [-0.3, -0.25) is 4.79 Å². The zero-order valence-corrected chi connectivity index (χ0v) is 3.86. The van der Waals surface area contributed by atoms with Gasteiger partial charge >= 0.3 is 0 Å². The molecule has 0 rings (SSSR count). The van der Waals surface area contributed by atoms with Crippen LogP contribution >= 0.6 is 12.2 Å². The second-order valence-corrected chi connectivity index (χ2v) is 0.538. The topological polar surface area (TPSA) is 37.3 Å². The summed E-state index contributed by atoms with van der Waals surface area (Å²) in [7, 11) is 0. The third kappa shape index (κ3) is 42.0. The van der Waals surface area contributed by atoms with Crippen molar-refractivity contribution in [2.24, 2.45) is 0 Å². The molecule has 0 spiro atoms. The molecule has 0 fully saturated rings. The van der Waals surface area contributed by atoms with Crippen molar-refractivity contribution in [1.29, 1.82) is 0 Å². The molecular formula is C3H4O2S. The molecule has 0 aliphatic rings. The van der Waals surface area contributed by atoms with Crippen LogP contribution in [-0.2, 0) is 4.79 Å². The van der Waals surface area contributed by atoms with Crippen molar-refractivity contribution in [2.45, 2.75) is 0 Å². The summed E-state index contributed by atoms with van der Waals surface area (Å²) in [5, 5.41) is 8.97. The molecule has 0 saturated heterocycles. The van der Waals surface area contributed by atoms with Gasteiger partial charge in [0.25, 0.3) is 6.47 Å². The van der Waals surface area contributed by atoms with Crippen molar-refractivity contribution >= 4 is 23.7 Å². The first-order valence-corrected chi connectivity index (χ1v) is 1.46. The molecule has 34 valence electrons. The minimum atomic E-state index is -0.250. The minimum absolute atomic E-state index is 0.250. The Kier molecular flexibility index (Phi) is 40.5. The Balaban J connectivity index is 0. The molecule has 0 atom stereocenters. The number of hydrogen-bond donors (Lipinski definition) is 1. The zero-order chi connectivity index (χ0) is 5.41. The molecule has 0 unspecified atom stereocenters. The van der Waals surface area contributed by atoms with E-state index in [-0.39, 0.29) is 6.47 Å². The van der Waals surface area contributed by atoms with E-state index in [2.05, 4.69) is 23.8 Å². The lowest BCUT2D eigenvalue weighted by Gasteiger charge is -1.34. The van der Waals surface area contributed by atoms with Gasteiger partial charge in [0.15, 0.2) is 0 Å². The highest BCUT2D eigenvalue weighted by Gasteiger charge is 1.22. The van der Waals surface area contributed by atoms with Gasteiger partial charge in [-0.2, -0.15) is 0 Å². The summed E-state index contributed by atoms with van der Waals surface area (Å²) in [6.45, 7) is 2.80. The Morgan fingerprint density at radius 2 is 2.00 bits per heavy atom. The summed E-state index contributed by atoms with van der Waals surface area (Å²) in [4.78, 5) is 8.36. The maximum atomic E-state index is 8.36. The monoisotopic (exact) mass is 104 g/mol. The van der Waals surface area contributed by atoms with Crippen LogP contribution in [0, 0.1) is 0 Å². The van der Waals surface area contributed by atoms with Gasteiger partial charge < -0.3 is 5.11 Å². The van der Waals surface area contributed by atoms with Crippen LogP contribution in [0.1, 0.15) is 0 Å². The number of hydrogen-bond acceptors (Lipinski definition) is 2. The number of thiocarbonyl (C=S) groups is 1. The predicted molar refractivity (Wildman–Crippen MR) is 26.9 cm³/mol. The van der Waals surface area contributed by atoms with E-state index in [1.807, 2.05) is 0 Å². The fourth-order valence-corrected chi connectivity index (χ4v) is 0. The van der Waals surface area contributed by atoms with Gasteiger partial charge in [0.1, 0.15) is 0 Å². The molecule has 0 aliphatic carbocycles. The lowest BCUT2D eigenvalue weighted by molar-refractivity contribution is -0.122. The second kappa shape index (κ2) is 27.0. The molecular weight excluding hydrogens is 100 g/mol.